The molecule has 0 aromatic heterocycles. The van der Waals surface area contributed by atoms with E-state index >= 15 is 0 Å². The van der Waals surface area contributed by atoms with E-state index in [0.29, 0.717) is 6.42 Å². The molecule has 0 atom stereocenters. The third kappa shape index (κ3) is 2.92. The highest BCUT2D eigenvalue weighted by molar-refractivity contribution is 5.35. The molecule has 0 aliphatic carbocycles. The summed E-state index contributed by atoms with van der Waals surface area (Å²) in [5.41, 5.74) is 1.71. The van der Waals surface area contributed by atoms with E-state index in [-0.39, 0.29) is 5.56 Å². The Kier molecular flexibility index (Phi) is 3.41. The number of hydrogen-bond donors (Lipinski definition) is 0. The van der Waals surface area contributed by atoms with Crippen molar-refractivity contribution in [2.24, 2.45) is 0 Å². The minimum atomic E-state index is -4.27. The van der Waals surface area contributed by atoms with E-state index in [0.717, 1.165) is 17.2 Å². The van der Waals surface area contributed by atoms with E-state index < -0.39 is 11.7 Å². The Morgan fingerprint density at radius 2 is 1.56 bits per heavy atom. The molecular weight excluding hydrogens is 237 g/mol. The summed E-state index contributed by atoms with van der Waals surface area (Å²) in [6.45, 7) is 1.50. The highest BCUT2D eigenvalue weighted by Crippen LogP contribution is 2.32. The standard InChI is InChI=1S/C15H13F3/c1-11-9-13(7-8-14(11)15(16,17)18)10-12-5-3-2-4-6-12/h2-9H,10H2,1H3. The first kappa shape index (κ1) is 12.7. The predicted molar refractivity (Wildman–Crippen MR) is 65.4 cm³/mol. The van der Waals surface area contributed by atoms with Crippen molar-refractivity contribution in [3.8, 4) is 0 Å². The molecule has 0 bridgehead atoms. The number of rotatable bonds is 2. The molecule has 3 heteroatoms. The zero-order chi connectivity index (χ0) is 13.2. The number of benzene rings is 2. The van der Waals surface area contributed by atoms with Gasteiger partial charge >= 0.3 is 6.18 Å². The molecule has 18 heavy (non-hydrogen) atoms. The summed E-state index contributed by atoms with van der Waals surface area (Å²) in [6.07, 6.45) is -3.62. The molecule has 0 nitrogen and oxygen atoms in total. The van der Waals surface area contributed by atoms with E-state index in [2.05, 4.69) is 0 Å². The molecule has 0 aliphatic heterocycles. The summed E-state index contributed by atoms with van der Waals surface area (Å²) in [4.78, 5) is 0. The minimum absolute atomic E-state index is 0.274. The van der Waals surface area contributed by atoms with Crippen LogP contribution in [0.5, 0.6) is 0 Å². The van der Waals surface area contributed by atoms with Gasteiger partial charge in [0.05, 0.1) is 5.56 Å². The Morgan fingerprint density at radius 1 is 0.889 bits per heavy atom. The second kappa shape index (κ2) is 4.84. The molecule has 0 aliphatic rings. The van der Waals surface area contributed by atoms with Crippen LogP contribution in [0.3, 0.4) is 0 Å². The zero-order valence-electron chi connectivity index (χ0n) is 9.96. The first-order valence-electron chi connectivity index (χ1n) is 5.67. The topological polar surface area (TPSA) is 0 Å². The number of alkyl halides is 3. The fraction of sp³-hybridized carbons (Fsp3) is 0.200. The molecule has 0 amide bonds. The lowest BCUT2D eigenvalue weighted by atomic mass is 10.00. The summed E-state index contributed by atoms with van der Waals surface area (Å²) in [5.74, 6) is 0. The van der Waals surface area contributed by atoms with Crippen molar-refractivity contribution in [2.45, 2.75) is 19.5 Å². The Balaban J connectivity index is 2.25. The molecule has 0 spiro atoms. The molecule has 0 fully saturated rings. The molecular formula is C15H13F3. The van der Waals surface area contributed by atoms with Crippen LogP contribution in [0.25, 0.3) is 0 Å². The lowest BCUT2D eigenvalue weighted by Gasteiger charge is -2.11. The van der Waals surface area contributed by atoms with Crippen LogP contribution in [0.2, 0.25) is 0 Å². The van der Waals surface area contributed by atoms with Gasteiger partial charge in [0.25, 0.3) is 0 Å². The number of halogens is 3. The van der Waals surface area contributed by atoms with Gasteiger partial charge in [0.15, 0.2) is 0 Å². The summed E-state index contributed by atoms with van der Waals surface area (Å²) in [7, 11) is 0. The lowest BCUT2D eigenvalue weighted by molar-refractivity contribution is -0.138. The van der Waals surface area contributed by atoms with Crippen LogP contribution < -0.4 is 0 Å². The van der Waals surface area contributed by atoms with Crippen molar-refractivity contribution >= 4 is 0 Å². The van der Waals surface area contributed by atoms with Crippen LogP contribution in [0.4, 0.5) is 13.2 Å². The fourth-order valence-electron chi connectivity index (χ4n) is 1.99. The van der Waals surface area contributed by atoms with E-state index in [4.69, 9.17) is 0 Å². The van der Waals surface area contributed by atoms with Gasteiger partial charge in [-0.3, -0.25) is 0 Å². The van der Waals surface area contributed by atoms with Crippen molar-refractivity contribution in [2.75, 3.05) is 0 Å². The first-order chi connectivity index (χ1) is 8.47. The Morgan fingerprint density at radius 3 is 2.11 bits per heavy atom. The SMILES string of the molecule is Cc1cc(Cc2ccccc2)ccc1C(F)(F)F. The maximum atomic E-state index is 12.6. The van der Waals surface area contributed by atoms with E-state index in [1.807, 2.05) is 30.3 Å². The molecule has 2 rings (SSSR count). The van der Waals surface area contributed by atoms with E-state index in [1.165, 1.54) is 6.92 Å². The maximum absolute atomic E-state index is 12.6. The molecule has 0 heterocycles. The molecule has 0 N–H and O–H groups in total. The van der Waals surface area contributed by atoms with Crippen molar-refractivity contribution in [1.82, 2.24) is 0 Å². The van der Waals surface area contributed by atoms with E-state index in [9.17, 15) is 13.2 Å². The molecule has 0 saturated carbocycles. The predicted octanol–water partition coefficient (Wildman–Crippen LogP) is 4.60. The van der Waals surface area contributed by atoms with Gasteiger partial charge in [0, 0.05) is 0 Å². The average Bonchev–Trinajstić information content (AvgIpc) is 2.28. The van der Waals surface area contributed by atoms with Gasteiger partial charge < -0.3 is 0 Å². The van der Waals surface area contributed by atoms with Crippen LogP contribution in [-0.4, -0.2) is 0 Å². The quantitative estimate of drug-likeness (QED) is 0.730. The van der Waals surface area contributed by atoms with Crippen molar-refractivity contribution in [3.63, 3.8) is 0 Å². The maximum Gasteiger partial charge on any atom is 0.416 e. The minimum Gasteiger partial charge on any atom is -0.166 e. The highest BCUT2D eigenvalue weighted by Gasteiger charge is 2.31. The Bertz CT molecular complexity index is 527. The Labute approximate surface area is 104 Å². The van der Waals surface area contributed by atoms with E-state index in [1.54, 1.807) is 12.1 Å². The van der Waals surface area contributed by atoms with Crippen molar-refractivity contribution in [1.29, 1.82) is 0 Å². The summed E-state index contributed by atoms with van der Waals surface area (Å²) < 4.78 is 37.8. The summed E-state index contributed by atoms with van der Waals surface area (Å²) in [5, 5.41) is 0. The van der Waals surface area contributed by atoms with Gasteiger partial charge in [-0.25, -0.2) is 0 Å². The second-order valence-electron chi connectivity index (χ2n) is 4.31. The third-order valence-electron chi connectivity index (χ3n) is 2.85. The van der Waals surface area contributed by atoms with Gasteiger partial charge in [-0.2, -0.15) is 13.2 Å². The van der Waals surface area contributed by atoms with Crippen LogP contribution in [0.1, 0.15) is 22.3 Å². The summed E-state index contributed by atoms with van der Waals surface area (Å²) in [6, 6.07) is 14.0. The summed E-state index contributed by atoms with van der Waals surface area (Å²) >= 11 is 0. The molecule has 0 radical (unpaired) electrons. The highest BCUT2D eigenvalue weighted by atomic mass is 19.4. The van der Waals surface area contributed by atoms with Gasteiger partial charge in [-0.05, 0) is 36.1 Å². The first-order valence-corrected chi connectivity index (χ1v) is 5.67. The molecule has 94 valence electrons. The molecule has 0 saturated heterocycles. The second-order valence-corrected chi connectivity index (χ2v) is 4.31. The smallest absolute Gasteiger partial charge is 0.166 e. The largest absolute Gasteiger partial charge is 0.416 e. The van der Waals surface area contributed by atoms with Crippen LogP contribution in [0.15, 0.2) is 48.5 Å². The molecule has 2 aromatic carbocycles. The van der Waals surface area contributed by atoms with Gasteiger partial charge in [0.2, 0.25) is 0 Å². The average molecular weight is 250 g/mol. The van der Waals surface area contributed by atoms with Gasteiger partial charge in [0.1, 0.15) is 0 Å². The van der Waals surface area contributed by atoms with Crippen LogP contribution in [-0.2, 0) is 12.6 Å². The Hall–Kier alpha value is -1.77. The van der Waals surface area contributed by atoms with Gasteiger partial charge in [-0.1, -0.05) is 42.5 Å². The van der Waals surface area contributed by atoms with Crippen LogP contribution >= 0.6 is 0 Å². The fourth-order valence-corrected chi connectivity index (χ4v) is 1.99. The van der Waals surface area contributed by atoms with Gasteiger partial charge in [-0.15, -0.1) is 0 Å². The lowest BCUT2D eigenvalue weighted by Crippen LogP contribution is -2.07. The van der Waals surface area contributed by atoms with Crippen molar-refractivity contribution in [3.05, 3.63) is 70.8 Å². The third-order valence-corrected chi connectivity index (χ3v) is 2.85. The normalized spacial score (nSPS) is 11.6. The monoisotopic (exact) mass is 250 g/mol. The zero-order valence-corrected chi connectivity index (χ0v) is 9.96. The molecule has 2 aromatic rings. The molecule has 0 unspecified atom stereocenters. The number of aryl methyl sites for hydroxylation is 1. The van der Waals surface area contributed by atoms with Crippen LogP contribution in [0, 0.1) is 6.92 Å². The van der Waals surface area contributed by atoms with Crippen molar-refractivity contribution < 1.29 is 13.2 Å². The number of hydrogen-bond acceptors (Lipinski definition) is 0.